The van der Waals surface area contributed by atoms with Gasteiger partial charge in [0.05, 0.1) is 30.0 Å². The van der Waals surface area contributed by atoms with E-state index in [9.17, 15) is 19.5 Å². The standard InChI is InChI=1S/C36H45N3O5/c1-3-12-27(22-33(41)39-36(25-40)18-10-11-19-36)34(42)38-30(21-29-23-37-32-17-9-8-16-31(29)32)24-44-35(43)28(13-4-2)20-26-14-6-5-7-15-26/h3-9,14-17,23,27-28,30,37,40H,1-2,10-13,18-22,24-25H2,(H,38,42)(H,39,41)/t27-,28-,30+/m1/s1. The Morgan fingerprint density at radius 1 is 0.955 bits per heavy atom. The summed E-state index contributed by atoms with van der Waals surface area (Å²) in [6.07, 6.45) is 10.3. The van der Waals surface area contributed by atoms with Crippen LogP contribution in [0.25, 0.3) is 10.9 Å². The fourth-order valence-electron chi connectivity index (χ4n) is 6.13. The Hall–Kier alpha value is -4.17. The molecule has 1 saturated carbocycles. The smallest absolute Gasteiger partial charge is 0.309 e. The van der Waals surface area contributed by atoms with Crippen LogP contribution in [0.5, 0.6) is 0 Å². The van der Waals surface area contributed by atoms with Gasteiger partial charge in [-0.15, -0.1) is 13.2 Å². The molecule has 0 aliphatic heterocycles. The van der Waals surface area contributed by atoms with E-state index in [1.165, 1.54) is 0 Å². The number of aliphatic hydroxyl groups excluding tert-OH is 1. The lowest BCUT2D eigenvalue weighted by molar-refractivity contribution is -0.149. The molecule has 0 radical (unpaired) electrons. The Bertz CT molecular complexity index is 1410. The number of carbonyl (C=O) groups is 3. The Labute approximate surface area is 260 Å². The van der Waals surface area contributed by atoms with E-state index in [1.807, 2.05) is 60.8 Å². The van der Waals surface area contributed by atoms with Gasteiger partial charge in [0.1, 0.15) is 6.61 Å². The van der Waals surface area contributed by atoms with Crippen molar-refractivity contribution < 1.29 is 24.2 Å². The molecule has 1 fully saturated rings. The van der Waals surface area contributed by atoms with Crippen molar-refractivity contribution in [2.24, 2.45) is 11.8 Å². The SMILES string of the molecule is C=CC[C@H](CC(=O)NC1(CO)CCCC1)C(=O)N[C@H](COC(=O)[C@H](CC=C)Cc1ccccc1)Cc1c[nH]c2ccccc12. The Balaban J connectivity index is 1.47. The fraction of sp³-hybridized carbons (Fsp3) is 0.417. The zero-order valence-electron chi connectivity index (χ0n) is 25.4. The topological polar surface area (TPSA) is 121 Å². The second-order valence-electron chi connectivity index (χ2n) is 11.9. The van der Waals surface area contributed by atoms with Gasteiger partial charge < -0.3 is 25.5 Å². The van der Waals surface area contributed by atoms with Crippen LogP contribution < -0.4 is 10.6 Å². The molecule has 1 heterocycles. The van der Waals surface area contributed by atoms with Crippen molar-refractivity contribution in [1.82, 2.24) is 15.6 Å². The van der Waals surface area contributed by atoms with E-state index in [0.29, 0.717) is 25.7 Å². The first-order chi connectivity index (χ1) is 21.4. The first kappa shape index (κ1) is 32.7. The van der Waals surface area contributed by atoms with Crippen molar-refractivity contribution in [3.63, 3.8) is 0 Å². The molecule has 8 heteroatoms. The molecule has 234 valence electrons. The number of carbonyl (C=O) groups excluding carboxylic acids is 3. The van der Waals surface area contributed by atoms with Gasteiger partial charge in [-0.05, 0) is 55.7 Å². The number of allylic oxidation sites excluding steroid dienone is 2. The molecule has 3 atom stereocenters. The number of para-hydroxylation sites is 1. The number of aliphatic hydroxyl groups is 1. The van der Waals surface area contributed by atoms with Crippen LogP contribution in [0.4, 0.5) is 0 Å². The maximum absolute atomic E-state index is 13.6. The van der Waals surface area contributed by atoms with Gasteiger partial charge in [-0.1, -0.05) is 73.5 Å². The second-order valence-corrected chi connectivity index (χ2v) is 11.9. The Morgan fingerprint density at radius 3 is 2.34 bits per heavy atom. The summed E-state index contributed by atoms with van der Waals surface area (Å²) in [6, 6.07) is 17.2. The average Bonchev–Trinajstić information content (AvgIpc) is 3.67. The third-order valence-electron chi connectivity index (χ3n) is 8.55. The highest BCUT2D eigenvalue weighted by Gasteiger charge is 2.35. The lowest BCUT2D eigenvalue weighted by atomic mass is 9.95. The fourth-order valence-corrected chi connectivity index (χ4v) is 6.13. The van der Waals surface area contributed by atoms with Crippen molar-refractivity contribution >= 4 is 28.7 Å². The van der Waals surface area contributed by atoms with Crippen LogP contribution >= 0.6 is 0 Å². The van der Waals surface area contributed by atoms with E-state index < -0.39 is 23.4 Å². The molecule has 3 aromatic rings. The number of hydrogen-bond acceptors (Lipinski definition) is 5. The molecule has 0 unspecified atom stereocenters. The third-order valence-corrected chi connectivity index (χ3v) is 8.55. The summed E-state index contributed by atoms with van der Waals surface area (Å²) in [6.45, 7) is 7.47. The molecule has 44 heavy (non-hydrogen) atoms. The number of nitrogens with one attached hydrogen (secondary N) is 3. The van der Waals surface area contributed by atoms with Gasteiger partial charge in [-0.25, -0.2) is 0 Å². The van der Waals surface area contributed by atoms with Gasteiger partial charge in [0.2, 0.25) is 11.8 Å². The molecule has 0 spiro atoms. The molecule has 4 N–H and O–H groups in total. The molecule has 1 aliphatic carbocycles. The van der Waals surface area contributed by atoms with Gasteiger partial charge in [0, 0.05) is 23.5 Å². The maximum Gasteiger partial charge on any atom is 0.309 e. The first-order valence-electron chi connectivity index (χ1n) is 15.6. The predicted octanol–water partition coefficient (Wildman–Crippen LogP) is 5.18. The molecule has 4 rings (SSSR count). The summed E-state index contributed by atoms with van der Waals surface area (Å²) in [5, 5.41) is 17.0. The van der Waals surface area contributed by atoms with Crippen LogP contribution in [-0.2, 0) is 32.0 Å². The first-order valence-corrected chi connectivity index (χ1v) is 15.6. The number of amides is 2. The van der Waals surface area contributed by atoms with Gasteiger partial charge in [-0.3, -0.25) is 14.4 Å². The van der Waals surface area contributed by atoms with E-state index >= 15 is 0 Å². The number of fused-ring (bicyclic) bond motifs is 1. The van der Waals surface area contributed by atoms with E-state index in [0.717, 1.165) is 47.7 Å². The molecule has 1 aromatic heterocycles. The zero-order valence-corrected chi connectivity index (χ0v) is 25.4. The molecular formula is C36H45N3O5. The van der Waals surface area contributed by atoms with Crippen molar-refractivity contribution in [2.75, 3.05) is 13.2 Å². The van der Waals surface area contributed by atoms with Crippen molar-refractivity contribution in [1.29, 1.82) is 0 Å². The summed E-state index contributed by atoms with van der Waals surface area (Å²) in [4.78, 5) is 43.2. The summed E-state index contributed by atoms with van der Waals surface area (Å²) in [5.74, 6) is -1.98. The minimum Gasteiger partial charge on any atom is -0.463 e. The number of aromatic amines is 1. The van der Waals surface area contributed by atoms with Crippen LogP contribution in [0.2, 0.25) is 0 Å². The maximum atomic E-state index is 13.6. The molecule has 8 nitrogen and oxygen atoms in total. The molecule has 0 bridgehead atoms. The van der Waals surface area contributed by atoms with Crippen molar-refractivity contribution in [2.45, 2.75) is 69.4 Å². The number of rotatable bonds is 17. The monoisotopic (exact) mass is 599 g/mol. The molecule has 0 saturated heterocycles. The second kappa shape index (κ2) is 16.1. The summed E-state index contributed by atoms with van der Waals surface area (Å²) < 4.78 is 5.85. The van der Waals surface area contributed by atoms with Crippen LogP contribution in [0.1, 0.15) is 56.1 Å². The summed E-state index contributed by atoms with van der Waals surface area (Å²) in [7, 11) is 0. The van der Waals surface area contributed by atoms with E-state index in [4.69, 9.17) is 4.74 Å². The number of hydrogen-bond donors (Lipinski definition) is 4. The molecule has 2 amide bonds. The van der Waals surface area contributed by atoms with Crippen LogP contribution in [-0.4, -0.2) is 52.7 Å². The van der Waals surface area contributed by atoms with Crippen molar-refractivity contribution in [3.8, 4) is 0 Å². The highest BCUT2D eigenvalue weighted by atomic mass is 16.5. The van der Waals surface area contributed by atoms with Crippen LogP contribution in [0, 0.1) is 11.8 Å². The van der Waals surface area contributed by atoms with E-state index in [1.54, 1.807) is 12.2 Å². The van der Waals surface area contributed by atoms with Gasteiger partial charge in [0.15, 0.2) is 0 Å². The largest absolute Gasteiger partial charge is 0.463 e. The van der Waals surface area contributed by atoms with Gasteiger partial charge in [0.25, 0.3) is 0 Å². The minimum atomic E-state index is -0.655. The summed E-state index contributed by atoms with van der Waals surface area (Å²) in [5.41, 5.74) is 2.38. The molecule has 2 aromatic carbocycles. The van der Waals surface area contributed by atoms with Crippen molar-refractivity contribution in [3.05, 3.63) is 97.2 Å². The minimum absolute atomic E-state index is 0.0207. The summed E-state index contributed by atoms with van der Waals surface area (Å²) >= 11 is 0. The number of benzene rings is 2. The molecular weight excluding hydrogens is 554 g/mol. The Morgan fingerprint density at radius 2 is 1.64 bits per heavy atom. The number of aromatic nitrogens is 1. The number of ether oxygens (including phenoxy) is 1. The lowest BCUT2D eigenvalue weighted by Crippen LogP contribution is -2.50. The van der Waals surface area contributed by atoms with Gasteiger partial charge >= 0.3 is 5.97 Å². The molecule has 1 aliphatic rings. The van der Waals surface area contributed by atoms with Crippen LogP contribution in [0.3, 0.4) is 0 Å². The number of H-pyrrole nitrogens is 1. The normalized spacial score (nSPS) is 16.0. The van der Waals surface area contributed by atoms with Crippen LogP contribution in [0.15, 0.2) is 86.1 Å². The predicted molar refractivity (Wildman–Crippen MR) is 173 cm³/mol. The number of esters is 1. The quantitative estimate of drug-likeness (QED) is 0.126. The van der Waals surface area contributed by atoms with Gasteiger partial charge in [-0.2, -0.15) is 0 Å². The Kier molecular flexibility index (Phi) is 11.9. The lowest BCUT2D eigenvalue weighted by Gasteiger charge is -2.29. The highest BCUT2D eigenvalue weighted by Crippen LogP contribution is 2.29. The van der Waals surface area contributed by atoms with E-state index in [-0.39, 0.29) is 37.4 Å². The zero-order chi connectivity index (χ0) is 31.4. The highest BCUT2D eigenvalue weighted by molar-refractivity contribution is 5.87. The van der Waals surface area contributed by atoms with E-state index in [2.05, 4.69) is 28.8 Å². The average molecular weight is 600 g/mol. The third kappa shape index (κ3) is 8.92.